The van der Waals surface area contributed by atoms with Crippen molar-refractivity contribution in [2.24, 2.45) is 0 Å². The van der Waals surface area contributed by atoms with E-state index in [1.54, 1.807) is 0 Å². The van der Waals surface area contributed by atoms with Crippen LogP contribution < -0.4 is 16.2 Å². The molecule has 0 aliphatic carbocycles. The molecule has 0 aromatic heterocycles. The van der Waals surface area contributed by atoms with Gasteiger partial charge in [-0.15, -0.1) is 0 Å². The highest BCUT2D eigenvalue weighted by atomic mass is 16.3. The third kappa shape index (κ3) is 1.11. The third-order valence-corrected chi connectivity index (χ3v) is 1.44. The molecule has 4 heteroatoms. The first-order valence-corrected chi connectivity index (χ1v) is 3.44. The fourth-order valence-corrected chi connectivity index (χ4v) is 0.794. The fraction of sp³-hybridized carbons (Fsp3) is 0.429. The molecule has 0 saturated carbocycles. The van der Waals surface area contributed by atoms with Crippen molar-refractivity contribution >= 4 is 5.69 Å². The first-order chi connectivity index (χ1) is 5.18. The van der Waals surface area contributed by atoms with Crippen LogP contribution in [0.4, 0.5) is 5.69 Å². The van der Waals surface area contributed by atoms with Crippen molar-refractivity contribution in [1.82, 2.24) is 0 Å². The molecule has 0 radical (unpaired) electrons. The lowest BCUT2D eigenvalue weighted by atomic mass is 10.2. The predicted octanol–water partition coefficient (Wildman–Crippen LogP) is -0.190. The number of anilines is 1. The zero-order valence-corrected chi connectivity index (χ0v) is 6.18. The summed E-state index contributed by atoms with van der Waals surface area (Å²) in [6, 6.07) is 0. The van der Waals surface area contributed by atoms with Crippen molar-refractivity contribution in [3.63, 3.8) is 0 Å². The Morgan fingerprint density at radius 2 is 2.00 bits per heavy atom. The number of aromatic hydroxyl groups is 1. The molecular formula is C7H9NO3. The summed E-state index contributed by atoms with van der Waals surface area (Å²) in [5.41, 5.74) is -1.34. The molecule has 0 atom stereocenters. The van der Waals surface area contributed by atoms with Gasteiger partial charge in [0.15, 0.2) is 5.75 Å². The van der Waals surface area contributed by atoms with Gasteiger partial charge in [0.05, 0.1) is 0 Å². The van der Waals surface area contributed by atoms with E-state index >= 15 is 0 Å². The van der Waals surface area contributed by atoms with Crippen LogP contribution in [0.2, 0.25) is 0 Å². The highest BCUT2D eigenvalue weighted by Gasteiger charge is 2.18. The summed E-state index contributed by atoms with van der Waals surface area (Å²) in [6.07, 6.45) is 0.845. The molecule has 0 saturated heterocycles. The minimum absolute atomic E-state index is 0.0665. The molecule has 0 aliphatic rings. The summed E-state index contributed by atoms with van der Waals surface area (Å²) < 4.78 is 0. The van der Waals surface area contributed by atoms with Crippen molar-refractivity contribution < 1.29 is 5.11 Å². The Bertz CT molecular complexity index is 322. The molecule has 0 bridgehead atoms. The number of nitrogens with one attached hydrogen (secondary N) is 1. The van der Waals surface area contributed by atoms with Crippen LogP contribution in [-0.2, 0) is 0 Å². The van der Waals surface area contributed by atoms with E-state index in [0.717, 1.165) is 6.42 Å². The zero-order chi connectivity index (χ0) is 8.43. The monoisotopic (exact) mass is 155 g/mol. The Hall–Kier alpha value is -1.32. The van der Waals surface area contributed by atoms with Crippen molar-refractivity contribution in [1.29, 1.82) is 0 Å². The summed E-state index contributed by atoms with van der Waals surface area (Å²) >= 11 is 0. The van der Waals surface area contributed by atoms with Gasteiger partial charge >= 0.3 is 0 Å². The largest absolute Gasteiger partial charge is 0.502 e. The average Bonchev–Trinajstić information content (AvgIpc) is 2.04. The Morgan fingerprint density at radius 3 is 2.45 bits per heavy atom. The number of rotatable bonds is 3. The van der Waals surface area contributed by atoms with Gasteiger partial charge in [0.1, 0.15) is 5.69 Å². The lowest BCUT2D eigenvalue weighted by Gasteiger charge is -2.06. The highest BCUT2D eigenvalue weighted by molar-refractivity contribution is 5.60. The minimum Gasteiger partial charge on any atom is -0.502 e. The molecule has 1 aromatic rings. The zero-order valence-electron chi connectivity index (χ0n) is 6.18. The minimum atomic E-state index is -0.788. The topological polar surface area (TPSA) is 66.4 Å². The van der Waals surface area contributed by atoms with Crippen LogP contribution >= 0.6 is 0 Å². The molecule has 60 valence electrons. The van der Waals surface area contributed by atoms with Crippen molar-refractivity contribution in [3.05, 3.63) is 20.4 Å². The Balaban J connectivity index is 2.75. The summed E-state index contributed by atoms with van der Waals surface area (Å²) in [4.78, 5) is 21.1. The van der Waals surface area contributed by atoms with Gasteiger partial charge in [-0.1, -0.05) is 6.92 Å². The SMILES string of the molecule is CCCNc1c(O)c(=O)c1=O. The van der Waals surface area contributed by atoms with E-state index in [2.05, 4.69) is 5.32 Å². The van der Waals surface area contributed by atoms with Gasteiger partial charge in [-0.05, 0) is 6.42 Å². The molecule has 1 aromatic carbocycles. The van der Waals surface area contributed by atoms with Gasteiger partial charge in [0, 0.05) is 6.54 Å². The quantitative estimate of drug-likeness (QED) is 0.594. The standard InChI is InChI=1S/C7H9NO3/c1-2-3-8-4-5(9)7(11)6(4)10/h8-9H,2-3H2,1H3. The molecule has 0 heterocycles. The van der Waals surface area contributed by atoms with Crippen LogP contribution in [0.25, 0.3) is 0 Å². The second-order valence-corrected chi connectivity index (χ2v) is 2.31. The first-order valence-electron chi connectivity index (χ1n) is 3.44. The molecule has 1 rings (SSSR count). The van der Waals surface area contributed by atoms with Gasteiger partial charge in [-0.25, -0.2) is 0 Å². The van der Waals surface area contributed by atoms with E-state index in [9.17, 15) is 9.59 Å². The molecule has 0 fully saturated rings. The molecule has 2 N–H and O–H groups in total. The van der Waals surface area contributed by atoms with Gasteiger partial charge in [-0.3, -0.25) is 9.59 Å². The van der Waals surface area contributed by atoms with E-state index in [4.69, 9.17) is 5.11 Å². The summed E-state index contributed by atoms with van der Waals surface area (Å²) in [7, 11) is 0. The fourth-order valence-electron chi connectivity index (χ4n) is 0.794. The number of hydrogen-bond acceptors (Lipinski definition) is 4. The molecule has 4 nitrogen and oxygen atoms in total. The molecule has 0 unspecified atom stereocenters. The van der Waals surface area contributed by atoms with E-state index in [-0.39, 0.29) is 5.69 Å². The van der Waals surface area contributed by atoms with Crippen molar-refractivity contribution in [2.45, 2.75) is 13.3 Å². The van der Waals surface area contributed by atoms with Gasteiger partial charge in [0.25, 0.3) is 10.9 Å². The van der Waals surface area contributed by atoms with Crippen LogP contribution in [0.15, 0.2) is 9.59 Å². The van der Waals surface area contributed by atoms with Gasteiger partial charge < -0.3 is 10.4 Å². The van der Waals surface area contributed by atoms with Crippen LogP contribution in [0.5, 0.6) is 5.75 Å². The van der Waals surface area contributed by atoms with Gasteiger partial charge in [0.2, 0.25) is 0 Å². The van der Waals surface area contributed by atoms with Crippen LogP contribution in [-0.4, -0.2) is 11.7 Å². The Kier molecular flexibility index (Phi) is 1.94. The summed E-state index contributed by atoms with van der Waals surface area (Å²) in [5.74, 6) is -0.427. The van der Waals surface area contributed by atoms with Crippen LogP contribution in [0, 0.1) is 0 Å². The average molecular weight is 155 g/mol. The molecule has 11 heavy (non-hydrogen) atoms. The smallest absolute Gasteiger partial charge is 0.271 e. The normalized spacial score (nSPS) is 10.3. The lowest BCUT2D eigenvalue weighted by Crippen LogP contribution is -2.33. The lowest BCUT2D eigenvalue weighted by molar-refractivity contribution is 0.465. The van der Waals surface area contributed by atoms with Crippen LogP contribution in [0.1, 0.15) is 13.3 Å². The Morgan fingerprint density at radius 1 is 1.36 bits per heavy atom. The van der Waals surface area contributed by atoms with Crippen molar-refractivity contribution in [3.8, 4) is 5.75 Å². The maximum absolute atomic E-state index is 10.6. The summed E-state index contributed by atoms with van der Waals surface area (Å²) in [6.45, 7) is 2.52. The van der Waals surface area contributed by atoms with E-state index in [0.29, 0.717) is 6.54 Å². The highest BCUT2D eigenvalue weighted by Crippen LogP contribution is 2.13. The predicted molar refractivity (Wildman–Crippen MR) is 41.8 cm³/mol. The molecule has 0 amide bonds. The second kappa shape index (κ2) is 2.74. The first kappa shape index (κ1) is 7.78. The third-order valence-electron chi connectivity index (χ3n) is 1.44. The maximum atomic E-state index is 10.6. The molecule has 0 spiro atoms. The second-order valence-electron chi connectivity index (χ2n) is 2.31. The molecule has 0 aliphatic heterocycles. The summed E-state index contributed by atoms with van der Waals surface area (Å²) in [5, 5.41) is 11.5. The van der Waals surface area contributed by atoms with Crippen LogP contribution in [0.3, 0.4) is 0 Å². The van der Waals surface area contributed by atoms with E-state index < -0.39 is 16.6 Å². The van der Waals surface area contributed by atoms with E-state index in [1.807, 2.05) is 6.92 Å². The van der Waals surface area contributed by atoms with Gasteiger partial charge in [-0.2, -0.15) is 0 Å². The Labute approximate surface area is 63.2 Å². The maximum Gasteiger partial charge on any atom is 0.271 e. The molecular weight excluding hydrogens is 146 g/mol. The number of hydrogen-bond donors (Lipinski definition) is 2. The van der Waals surface area contributed by atoms with E-state index in [1.165, 1.54) is 0 Å². The van der Waals surface area contributed by atoms with Crippen molar-refractivity contribution in [2.75, 3.05) is 11.9 Å².